The monoisotopic (exact) mass is 248 g/mol. The molecule has 0 fully saturated rings. The number of rotatable bonds is 4. The summed E-state index contributed by atoms with van der Waals surface area (Å²) in [6.45, 7) is 1.80. The first-order valence-corrected chi connectivity index (χ1v) is 5.34. The van der Waals surface area contributed by atoms with Gasteiger partial charge in [0.15, 0.2) is 0 Å². The van der Waals surface area contributed by atoms with E-state index < -0.39 is 5.78 Å². The number of ether oxygens (including phenoxy) is 2. The maximum atomic E-state index is 12.5. The predicted octanol–water partition coefficient (Wildman–Crippen LogP) is 2.57. The molecule has 1 N–H and O–H groups in total. The molecular weight excluding hydrogens is 230 g/mol. The first kappa shape index (κ1) is 8.80. The van der Waals surface area contributed by atoms with E-state index in [4.69, 9.17) is 13.6 Å². The summed E-state index contributed by atoms with van der Waals surface area (Å²) >= 11 is 0. The molecule has 0 amide bonds. The molecule has 1 aromatic heterocycles. The maximum Gasteiger partial charge on any atom is 0.209 e. The Morgan fingerprint density at radius 3 is 2.22 bits per heavy atom. The minimum Gasteiger partial charge on any atom is -0.497 e. The smallest absolute Gasteiger partial charge is 0.209 e. The molecule has 0 radical (unpaired) electrons. The molecule has 0 aliphatic carbocycles. The van der Waals surface area contributed by atoms with E-state index >= 15 is 0 Å². The number of hydrogen-bond acceptors (Lipinski definition) is 3. The number of aromatic nitrogens is 1. The largest absolute Gasteiger partial charge is 0.497 e. The molecule has 1 heterocycles. The molecule has 0 saturated heterocycles. The van der Waals surface area contributed by atoms with E-state index in [9.17, 15) is 4.79 Å². The molecule has 94 valence electrons. The van der Waals surface area contributed by atoms with Crippen LogP contribution < -0.4 is 9.47 Å². The van der Waals surface area contributed by atoms with E-state index in [-0.39, 0.29) is 40.9 Å². The highest BCUT2D eigenvalue weighted by molar-refractivity contribution is 6.08. The van der Waals surface area contributed by atoms with Gasteiger partial charge in [0.25, 0.3) is 0 Å². The Morgan fingerprint density at radius 1 is 1.17 bits per heavy atom. The van der Waals surface area contributed by atoms with Gasteiger partial charge in [0.2, 0.25) is 5.78 Å². The molecule has 0 aliphatic rings. The molecule has 0 saturated carbocycles. The Balaban J connectivity index is 2.71. The number of benzene rings is 1. The zero-order chi connectivity index (χ0) is 15.7. The Kier molecular flexibility index (Phi) is 2.42. The number of ketones is 1. The van der Waals surface area contributed by atoms with Crippen molar-refractivity contribution in [3.8, 4) is 11.5 Å². The third kappa shape index (κ3) is 2.37. The van der Waals surface area contributed by atoms with Gasteiger partial charge in [-0.2, -0.15) is 0 Å². The zero-order valence-corrected chi connectivity index (χ0v) is 10.4. The summed E-state index contributed by atoms with van der Waals surface area (Å²) in [6.07, 6.45) is 0. The lowest BCUT2D eigenvalue weighted by molar-refractivity contribution is 0.103. The van der Waals surface area contributed by atoms with Crippen molar-refractivity contribution in [2.75, 3.05) is 14.2 Å². The fourth-order valence-corrected chi connectivity index (χ4v) is 1.51. The molecule has 0 atom stereocenters. The minimum absolute atomic E-state index is 0.0884. The van der Waals surface area contributed by atoms with Gasteiger partial charge in [-0.25, -0.2) is 0 Å². The third-order valence-electron chi connectivity index (χ3n) is 2.42. The van der Waals surface area contributed by atoms with Crippen LogP contribution >= 0.6 is 0 Å². The van der Waals surface area contributed by atoms with Crippen LogP contribution in [0.4, 0.5) is 0 Å². The summed E-state index contributed by atoms with van der Waals surface area (Å²) < 4.78 is 33.9. The van der Waals surface area contributed by atoms with E-state index in [1.54, 1.807) is 19.1 Å². The lowest BCUT2D eigenvalue weighted by Crippen LogP contribution is -2.03. The minimum atomic E-state index is -0.505. The quantitative estimate of drug-likeness (QED) is 0.846. The summed E-state index contributed by atoms with van der Waals surface area (Å²) in [7, 11) is 2.61. The highest BCUT2D eigenvalue weighted by atomic mass is 16.5. The SMILES string of the molecule is [2H]c1c(OC)c([2H])c(C(=O)c2ccc(C)[nH]2)c([2H])c1OC. The van der Waals surface area contributed by atoms with Crippen LogP contribution in [0.15, 0.2) is 30.3 Å². The van der Waals surface area contributed by atoms with Gasteiger partial charge in [-0.1, -0.05) is 0 Å². The van der Waals surface area contributed by atoms with Crippen LogP contribution in [0, 0.1) is 6.92 Å². The van der Waals surface area contributed by atoms with E-state index in [0.717, 1.165) is 5.69 Å². The Labute approximate surface area is 110 Å². The third-order valence-corrected chi connectivity index (χ3v) is 2.42. The molecule has 0 aliphatic heterocycles. The average molecular weight is 248 g/mol. The van der Waals surface area contributed by atoms with Crippen molar-refractivity contribution >= 4 is 5.78 Å². The first-order valence-electron chi connectivity index (χ1n) is 6.84. The first-order chi connectivity index (χ1) is 9.92. The van der Waals surface area contributed by atoms with Crippen molar-refractivity contribution in [2.45, 2.75) is 6.92 Å². The van der Waals surface area contributed by atoms with Crippen LogP contribution in [-0.4, -0.2) is 25.0 Å². The van der Waals surface area contributed by atoms with Crippen molar-refractivity contribution in [2.24, 2.45) is 0 Å². The Hall–Kier alpha value is -2.23. The number of H-pyrrole nitrogens is 1. The predicted molar refractivity (Wildman–Crippen MR) is 68.5 cm³/mol. The second kappa shape index (κ2) is 4.96. The van der Waals surface area contributed by atoms with Gasteiger partial charge in [-0.3, -0.25) is 4.79 Å². The summed E-state index contributed by atoms with van der Waals surface area (Å²) in [5.41, 5.74) is 0.922. The maximum absolute atomic E-state index is 12.5. The van der Waals surface area contributed by atoms with Gasteiger partial charge in [0.05, 0.1) is 24.0 Å². The molecule has 1 aromatic carbocycles. The van der Waals surface area contributed by atoms with Crippen molar-refractivity contribution in [1.29, 1.82) is 0 Å². The standard InChI is InChI=1S/C14H15NO3/c1-9-4-5-13(15-9)14(16)10-6-11(17-2)8-12(7-10)18-3/h4-8,15H,1-3H3/i6D,7D,8D. The van der Waals surface area contributed by atoms with Gasteiger partial charge in [-0.15, -0.1) is 0 Å². The van der Waals surface area contributed by atoms with Gasteiger partial charge in [-0.05, 0) is 31.1 Å². The van der Waals surface area contributed by atoms with Crippen molar-refractivity contribution in [3.63, 3.8) is 0 Å². The summed E-state index contributed by atoms with van der Waals surface area (Å²) in [5.74, 6) is -0.682. The molecular formula is C14H15NO3. The second-order valence-electron chi connectivity index (χ2n) is 3.70. The fraction of sp³-hybridized carbons (Fsp3) is 0.214. The number of aryl methyl sites for hydroxylation is 1. The molecule has 2 rings (SSSR count). The molecule has 0 spiro atoms. The highest BCUT2D eigenvalue weighted by Crippen LogP contribution is 2.24. The van der Waals surface area contributed by atoms with E-state index in [2.05, 4.69) is 4.98 Å². The Morgan fingerprint density at radius 2 is 1.78 bits per heavy atom. The molecule has 0 unspecified atom stereocenters. The van der Waals surface area contributed by atoms with Crippen LogP contribution in [0.5, 0.6) is 11.5 Å². The molecule has 2 aromatic rings. The van der Waals surface area contributed by atoms with Gasteiger partial charge < -0.3 is 14.5 Å². The lowest BCUT2D eigenvalue weighted by atomic mass is 10.1. The number of aromatic amines is 1. The second-order valence-corrected chi connectivity index (χ2v) is 3.70. The Bertz CT molecular complexity index is 679. The summed E-state index contributed by atoms with van der Waals surface area (Å²) in [4.78, 5) is 15.4. The number of nitrogens with one attached hydrogen (secondary N) is 1. The topological polar surface area (TPSA) is 51.3 Å². The van der Waals surface area contributed by atoms with E-state index in [1.165, 1.54) is 14.2 Å². The lowest BCUT2D eigenvalue weighted by Gasteiger charge is -2.07. The van der Waals surface area contributed by atoms with E-state index in [0.29, 0.717) is 0 Å². The van der Waals surface area contributed by atoms with Gasteiger partial charge in [0.1, 0.15) is 11.5 Å². The number of hydrogen-bond donors (Lipinski definition) is 1. The van der Waals surface area contributed by atoms with Crippen LogP contribution in [0.25, 0.3) is 0 Å². The van der Waals surface area contributed by atoms with Gasteiger partial charge >= 0.3 is 0 Å². The molecule has 4 nitrogen and oxygen atoms in total. The number of methoxy groups -OCH3 is 2. The van der Waals surface area contributed by atoms with Crippen molar-refractivity contribution in [1.82, 2.24) is 4.98 Å². The normalized spacial score (nSPS) is 12.5. The van der Waals surface area contributed by atoms with Crippen LogP contribution in [0.2, 0.25) is 0 Å². The van der Waals surface area contributed by atoms with Gasteiger partial charge in [0, 0.05) is 17.3 Å². The van der Waals surface area contributed by atoms with E-state index in [1.807, 2.05) is 0 Å². The summed E-state index contributed by atoms with van der Waals surface area (Å²) in [5, 5.41) is 0. The summed E-state index contributed by atoms with van der Waals surface area (Å²) in [6, 6.07) is 2.53. The van der Waals surface area contributed by atoms with Crippen LogP contribution in [0.1, 0.15) is 25.9 Å². The van der Waals surface area contributed by atoms with Crippen molar-refractivity contribution in [3.05, 3.63) is 47.2 Å². The molecule has 18 heavy (non-hydrogen) atoms. The number of carbonyl (C=O) groups is 1. The highest BCUT2D eigenvalue weighted by Gasteiger charge is 2.13. The zero-order valence-electron chi connectivity index (χ0n) is 13.4. The van der Waals surface area contributed by atoms with Crippen LogP contribution in [0.3, 0.4) is 0 Å². The van der Waals surface area contributed by atoms with Crippen LogP contribution in [-0.2, 0) is 0 Å². The average Bonchev–Trinajstić information content (AvgIpc) is 2.86. The molecule has 4 heteroatoms. The number of carbonyl (C=O) groups excluding carboxylic acids is 1. The fourth-order valence-electron chi connectivity index (χ4n) is 1.51. The molecule has 0 bridgehead atoms. The van der Waals surface area contributed by atoms with Crippen molar-refractivity contribution < 1.29 is 18.4 Å².